The third kappa shape index (κ3) is 2.35. The summed E-state index contributed by atoms with van der Waals surface area (Å²) in [5, 5.41) is 1.54. The van der Waals surface area contributed by atoms with E-state index in [1.807, 2.05) is 0 Å². The lowest BCUT2D eigenvalue weighted by Gasteiger charge is -2.01. The quantitative estimate of drug-likeness (QED) is 0.811. The first-order chi connectivity index (χ1) is 6.99. The highest BCUT2D eigenvalue weighted by Crippen LogP contribution is 2.30. The Bertz CT molecular complexity index is 488. The van der Waals surface area contributed by atoms with Crippen LogP contribution < -0.4 is 4.72 Å². The predicted molar refractivity (Wildman–Crippen MR) is 57.7 cm³/mol. The lowest BCUT2D eigenvalue weighted by Crippen LogP contribution is -2.17. The molecule has 0 atom stereocenters. The van der Waals surface area contributed by atoms with Crippen molar-refractivity contribution < 1.29 is 13.2 Å². The van der Waals surface area contributed by atoms with Crippen molar-refractivity contribution in [1.29, 1.82) is 0 Å². The maximum atomic E-state index is 11.5. The minimum absolute atomic E-state index is 0.164. The van der Waals surface area contributed by atoms with Crippen LogP contribution in [0, 0.1) is 0 Å². The molecule has 1 saturated carbocycles. The van der Waals surface area contributed by atoms with Crippen LogP contribution in [-0.4, -0.2) is 24.4 Å². The summed E-state index contributed by atoms with van der Waals surface area (Å²) in [7, 11) is -3.27. The van der Waals surface area contributed by atoms with Gasteiger partial charge in [-0.25, -0.2) is 13.4 Å². The van der Waals surface area contributed by atoms with E-state index in [9.17, 15) is 13.2 Å². The number of hydrogen-bond acceptors (Lipinski definition) is 5. The Morgan fingerprint density at radius 2 is 2.27 bits per heavy atom. The Morgan fingerprint density at radius 3 is 2.73 bits per heavy atom. The number of anilines is 1. The third-order valence-electron chi connectivity index (χ3n) is 2.06. The minimum atomic E-state index is -3.27. The number of ketones is 1. The van der Waals surface area contributed by atoms with Gasteiger partial charge in [0.2, 0.25) is 10.0 Å². The molecule has 1 fully saturated rings. The molecule has 1 aromatic heterocycles. The van der Waals surface area contributed by atoms with Gasteiger partial charge in [0.05, 0.1) is 5.25 Å². The number of sulfonamides is 1. The van der Waals surface area contributed by atoms with Crippen molar-refractivity contribution in [2.45, 2.75) is 25.0 Å². The molecule has 0 radical (unpaired) electrons. The maximum absolute atomic E-state index is 11.5. The van der Waals surface area contributed by atoms with Gasteiger partial charge in [-0.15, -0.1) is 11.3 Å². The Hall–Kier alpha value is -0.950. The molecule has 15 heavy (non-hydrogen) atoms. The van der Waals surface area contributed by atoms with Crippen molar-refractivity contribution in [3.8, 4) is 0 Å². The Labute approximate surface area is 91.6 Å². The molecule has 2 rings (SSSR count). The Morgan fingerprint density at radius 1 is 1.60 bits per heavy atom. The first kappa shape index (κ1) is 10.6. The number of aromatic nitrogens is 1. The number of carbonyl (C=O) groups excluding carboxylic acids is 1. The van der Waals surface area contributed by atoms with Crippen molar-refractivity contribution >= 4 is 32.3 Å². The average Bonchev–Trinajstić information content (AvgIpc) is 2.88. The summed E-state index contributed by atoms with van der Waals surface area (Å²) in [6.45, 7) is 1.40. The molecule has 0 spiro atoms. The van der Waals surface area contributed by atoms with E-state index >= 15 is 0 Å². The van der Waals surface area contributed by atoms with Crippen LogP contribution >= 0.6 is 11.3 Å². The molecule has 1 N–H and O–H groups in total. The topological polar surface area (TPSA) is 76.1 Å². The van der Waals surface area contributed by atoms with E-state index in [4.69, 9.17) is 0 Å². The summed E-state index contributed by atoms with van der Waals surface area (Å²) in [6.07, 6.45) is 1.42. The highest BCUT2D eigenvalue weighted by molar-refractivity contribution is 7.93. The van der Waals surface area contributed by atoms with E-state index in [1.54, 1.807) is 5.38 Å². The van der Waals surface area contributed by atoms with Gasteiger partial charge in [0.15, 0.2) is 10.9 Å². The second-order valence-corrected chi connectivity index (χ2v) is 6.26. The molecule has 82 valence electrons. The first-order valence-electron chi connectivity index (χ1n) is 4.47. The van der Waals surface area contributed by atoms with Gasteiger partial charge in [-0.3, -0.25) is 9.52 Å². The SMILES string of the molecule is CC(=O)c1csc(NS(=O)(=O)C2CC2)n1. The molecule has 7 heteroatoms. The Balaban J connectivity index is 2.14. The summed E-state index contributed by atoms with van der Waals surface area (Å²) in [6, 6.07) is 0. The number of nitrogens with zero attached hydrogens (tertiary/aromatic N) is 1. The molecule has 0 bridgehead atoms. The van der Waals surface area contributed by atoms with Gasteiger partial charge in [-0.2, -0.15) is 0 Å². The van der Waals surface area contributed by atoms with Gasteiger partial charge >= 0.3 is 0 Å². The summed E-state index contributed by atoms with van der Waals surface area (Å²) in [4.78, 5) is 14.8. The van der Waals surface area contributed by atoms with E-state index in [2.05, 4.69) is 9.71 Å². The van der Waals surface area contributed by atoms with E-state index < -0.39 is 10.0 Å². The zero-order valence-corrected chi connectivity index (χ0v) is 9.69. The second kappa shape index (κ2) is 3.57. The summed E-state index contributed by atoms with van der Waals surface area (Å²) in [5.74, 6) is -0.164. The first-order valence-corrected chi connectivity index (χ1v) is 6.90. The van der Waals surface area contributed by atoms with Crippen molar-refractivity contribution in [2.75, 3.05) is 4.72 Å². The Kier molecular flexibility index (Phi) is 2.51. The number of hydrogen-bond donors (Lipinski definition) is 1. The number of thiazole rings is 1. The molecule has 0 aliphatic heterocycles. The normalized spacial score (nSPS) is 16.3. The van der Waals surface area contributed by atoms with Crippen molar-refractivity contribution in [2.24, 2.45) is 0 Å². The molecule has 0 aromatic carbocycles. The smallest absolute Gasteiger partial charge is 0.237 e. The molecule has 0 amide bonds. The van der Waals surface area contributed by atoms with Crippen molar-refractivity contribution in [3.05, 3.63) is 11.1 Å². The zero-order valence-electron chi connectivity index (χ0n) is 8.06. The molecular formula is C8H10N2O3S2. The van der Waals surface area contributed by atoms with Gasteiger partial charge in [-0.1, -0.05) is 0 Å². The van der Waals surface area contributed by atoms with Crippen molar-refractivity contribution in [1.82, 2.24) is 4.98 Å². The predicted octanol–water partition coefficient (Wildman–Crippen LogP) is 1.25. The third-order valence-corrected chi connectivity index (χ3v) is 4.77. The molecule has 1 heterocycles. The van der Waals surface area contributed by atoms with Crippen LogP contribution in [-0.2, 0) is 10.0 Å². The van der Waals surface area contributed by atoms with Gasteiger partial charge in [0.25, 0.3) is 0 Å². The van der Waals surface area contributed by atoms with Gasteiger partial charge in [-0.05, 0) is 12.8 Å². The molecular weight excluding hydrogens is 236 g/mol. The van der Waals surface area contributed by atoms with Gasteiger partial charge in [0.1, 0.15) is 5.69 Å². The van der Waals surface area contributed by atoms with Crippen LogP contribution in [0.1, 0.15) is 30.3 Å². The van der Waals surface area contributed by atoms with E-state index in [-0.39, 0.29) is 16.2 Å². The fraction of sp³-hybridized carbons (Fsp3) is 0.500. The monoisotopic (exact) mass is 246 g/mol. The second-order valence-electron chi connectivity index (χ2n) is 3.44. The summed E-state index contributed by atoms with van der Waals surface area (Å²) >= 11 is 1.13. The fourth-order valence-electron chi connectivity index (χ4n) is 1.07. The lowest BCUT2D eigenvalue weighted by molar-refractivity contribution is 0.101. The van der Waals surface area contributed by atoms with Gasteiger partial charge in [0, 0.05) is 12.3 Å². The lowest BCUT2D eigenvalue weighted by atomic mass is 10.4. The zero-order chi connectivity index (χ0) is 11.1. The molecule has 1 aromatic rings. The van der Waals surface area contributed by atoms with E-state index in [0.717, 1.165) is 11.3 Å². The van der Waals surface area contributed by atoms with Crippen LogP contribution in [0.15, 0.2) is 5.38 Å². The largest absolute Gasteiger partial charge is 0.293 e. The number of Topliss-reactive ketones (excluding diaryl/α,β-unsaturated/α-hetero) is 1. The standard InChI is InChI=1S/C8H10N2O3S2/c1-5(11)7-4-14-8(9-7)10-15(12,13)6-2-3-6/h4,6H,2-3H2,1H3,(H,9,10). The summed E-state index contributed by atoms with van der Waals surface area (Å²) < 4.78 is 25.4. The van der Waals surface area contributed by atoms with Crippen LogP contribution in [0.4, 0.5) is 5.13 Å². The number of nitrogens with one attached hydrogen (secondary N) is 1. The molecule has 5 nitrogen and oxygen atoms in total. The molecule has 0 unspecified atom stereocenters. The number of rotatable bonds is 4. The number of carbonyl (C=O) groups is 1. The molecule has 0 saturated heterocycles. The average molecular weight is 246 g/mol. The highest BCUT2D eigenvalue weighted by Gasteiger charge is 2.36. The maximum Gasteiger partial charge on any atom is 0.237 e. The van der Waals surface area contributed by atoms with Crippen LogP contribution in [0.2, 0.25) is 0 Å². The summed E-state index contributed by atoms with van der Waals surface area (Å²) in [5.41, 5.74) is 0.300. The molecule has 1 aliphatic carbocycles. The van der Waals surface area contributed by atoms with Gasteiger partial charge < -0.3 is 0 Å². The van der Waals surface area contributed by atoms with E-state index in [1.165, 1.54) is 6.92 Å². The van der Waals surface area contributed by atoms with Crippen LogP contribution in [0.3, 0.4) is 0 Å². The fourth-order valence-corrected chi connectivity index (χ4v) is 3.41. The molecule has 1 aliphatic rings. The van der Waals surface area contributed by atoms with Crippen LogP contribution in [0.5, 0.6) is 0 Å². The van der Waals surface area contributed by atoms with Crippen molar-refractivity contribution in [3.63, 3.8) is 0 Å². The highest BCUT2D eigenvalue weighted by atomic mass is 32.2. The van der Waals surface area contributed by atoms with Crippen LogP contribution in [0.25, 0.3) is 0 Å². The van der Waals surface area contributed by atoms with E-state index in [0.29, 0.717) is 18.5 Å². The minimum Gasteiger partial charge on any atom is -0.293 e.